The minimum atomic E-state index is -0.0221. The summed E-state index contributed by atoms with van der Waals surface area (Å²) in [5.41, 5.74) is 6.46. The van der Waals surface area contributed by atoms with Gasteiger partial charge in [-0.2, -0.15) is 0 Å². The fourth-order valence-corrected chi connectivity index (χ4v) is 4.73. The fraction of sp³-hybridized carbons (Fsp3) is 0.286. The topological polar surface area (TPSA) is 47.4 Å². The van der Waals surface area contributed by atoms with Crippen LogP contribution in [0.25, 0.3) is 16.7 Å². The third-order valence-corrected chi connectivity index (χ3v) is 6.34. The van der Waals surface area contributed by atoms with Gasteiger partial charge in [0.15, 0.2) is 0 Å². The number of amides is 1. The Labute approximate surface area is 205 Å². The summed E-state index contributed by atoms with van der Waals surface area (Å²) in [6.45, 7) is 10.4. The number of carbonyl (C=O) groups is 1. The number of hydrogen-bond acceptors (Lipinski definition) is 3. The lowest BCUT2D eigenvalue weighted by Gasteiger charge is -2.28. The van der Waals surface area contributed by atoms with Gasteiger partial charge in [-0.25, -0.2) is 4.98 Å². The number of carbonyl (C=O) groups excluding carboxylic acids is 1. The number of imidazole rings is 1. The number of fused-ring (bicyclic) bond motifs is 1. The van der Waals surface area contributed by atoms with Crippen molar-refractivity contribution in [3.05, 3.63) is 87.7 Å². The van der Waals surface area contributed by atoms with E-state index >= 15 is 0 Å². The second kappa shape index (κ2) is 9.51. The number of ether oxygens (including phenoxy) is 1. The van der Waals surface area contributed by atoms with E-state index in [0.717, 1.165) is 45.0 Å². The average Bonchev–Trinajstić information content (AvgIpc) is 3.13. The van der Waals surface area contributed by atoms with Gasteiger partial charge < -0.3 is 9.64 Å². The molecule has 0 aliphatic heterocycles. The highest BCUT2D eigenvalue weighted by Crippen LogP contribution is 2.27. The zero-order valence-corrected chi connectivity index (χ0v) is 21.3. The molecule has 0 aliphatic carbocycles. The lowest BCUT2D eigenvalue weighted by molar-refractivity contribution is 0.0683. The molecule has 0 aliphatic rings. The molecule has 1 amide bonds. The first-order valence-electron chi connectivity index (χ1n) is 11.4. The molecule has 0 radical (unpaired) electrons. The Morgan fingerprint density at radius 3 is 2.26 bits per heavy atom. The van der Waals surface area contributed by atoms with Gasteiger partial charge in [0.2, 0.25) is 0 Å². The summed E-state index contributed by atoms with van der Waals surface area (Å²) in [5.74, 6) is 1.57. The molecule has 0 unspecified atom stereocenters. The van der Waals surface area contributed by atoms with Crippen LogP contribution >= 0.6 is 11.6 Å². The van der Waals surface area contributed by atoms with E-state index in [1.807, 2.05) is 69.0 Å². The number of rotatable bonds is 6. The molecule has 1 aromatic heterocycles. The zero-order chi connectivity index (χ0) is 24.6. The third-order valence-electron chi connectivity index (χ3n) is 6.12. The van der Waals surface area contributed by atoms with Gasteiger partial charge in [-0.3, -0.25) is 9.36 Å². The number of nitrogens with zero attached hydrogens (tertiary/aromatic N) is 3. The van der Waals surface area contributed by atoms with E-state index in [4.69, 9.17) is 21.3 Å². The summed E-state index contributed by atoms with van der Waals surface area (Å²) in [5, 5.41) is 0.638. The number of hydrogen-bond donors (Lipinski definition) is 0. The van der Waals surface area contributed by atoms with E-state index in [1.165, 1.54) is 0 Å². The standard InChI is InChI=1S/C28H30ClN3O2/c1-17(2)31(28(33)27-19(4)14-21(29)15-20(27)5)16-26-30-24-13-18(3)7-12-25(24)32(26)22-8-10-23(34-6)11-9-22/h7-15,17H,16H2,1-6H3. The Balaban J connectivity index is 1.82. The molecule has 1 heterocycles. The first-order chi connectivity index (χ1) is 16.2. The lowest BCUT2D eigenvalue weighted by atomic mass is 10.0. The smallest absolute Gasteiger partial charge is 0.255 e. The van der Waals surface area contributed by atoms with Crippen LogP contribution in [0, 0.1) is 20.8 Å². The van der Waals surface area contributed by atoms with Crippen molar-refractivity contribution in [3.8, 4) is 11.4 Å². The van der Waals surface area contributed by atoms with Crippen LogP contribution in [0.15, 0.2) is 54.6 Å². The second-order valence-corrected chi connectivity index (χ2v) is 9.43. The Morgan fingerprint density at radius 1 is 1.03 bits per heavy atom. The van der Waals surface area contributed by atoms with Crippen molar-refractivity contribution >= 4 is 28.5 Å². The highest BCUT2D eigenvalue weighted by molar-refractivity contribution is 6.30. The quantitative estimate of drug-likeness (QED) is 0.313. The molecule has 4 aromatic rings. The van der Waals surface area contributed by atoms with Crippen molar-refractivity contribution in [2.45, 2.75) is 47.2 Å². The van der Waals surface area contributed by atoms with Gasteiger partial charge in [-0.1, -0.05) is 17.7 Å². The van der Waals surface area contributed by atoms with Gasteiger partial charge in [-0.15, -0.1) is 0 Å². The molecule has 34 heavy (non-hydrogen) atoms. The number of benzene rings is 3. The summed E-state index contributed by atoms with van der Waals surface area (Å²) in [6.07, 6.45) is 0. The monoisotopic (exact) mass is 475 g/mol. The van der Waals surface area contributed by atoms with Gasteiger partial charge in [0.25, 0.3) is 5.91 Å². The first kappa shape index (κ1) is 23.8. The van der Waals surface area contributed by atoms with E-state index in [2.05, 4.69) is 29.7 Å². The van der Waals surface area contributed by atoms with E-state index in [-0.39, 0.29) is 11.9 Å². The van der Waals surface area contributed by atoms with E-state index in [1.54, 1.807) is 7.11 Å². The molecule has 0 fully saturated rings. The van der Waals surface area contributed by atoms with Crippen LogP contribution in [0.4, 0.5) is 0 Å². The van der Waals surface area contributed by atoms with Gasteiger partial charge in [0.05, 0.1) is 24.7 Å². The zero-order valence-electron chi connectivity index (χ0n) is 20.5. The van der Waals surface area contributed by atoms with Gasteiger partial charge in [0, 0.05) is 22.3 Å². The minimum absolute atomic E-state index is 0.0205. The largest absolute Gasteiger partial charge is 0.497 e. The highest BCUT2D eigenvalue weighted by Gasteiger charge is 2.25. The molecule has 0 N–H and O–H groups in total. The number of aromatic nitrogens is 2. The predicted molar refractivity (Wildman–Crippen MR) is 138 cm³/mol. The molecule has 3 aromatic carbocycles. The van der Waals surface area contributed by atoms with Crippen LogP contribution in [0.5, 0.6) is 5.75 Å². The highest BCUT2D eigenvalue weighted by atomic mass is 35.5. The van der Waals surface area contributed by atoms with Gasteiger partial charge >= 0.3 is 0 Å². The van der Waals surface area contributed by atoms with Crippen LogP contribution in [-0.4, -0.2) is 33.5 Å². The number of methoxy groups -OCH3 is 1. The summed E-state index contributed by atoms with van der Waals surface area (Å²) in [4.78, 5) is 20.6. The molecule has 5 nitrogen and oxygen atoms in total. The van der Waals surface area contributed by atoms with Gasteiger partial charge in [-0.05, 0) is 99.8 Å². The van der Waals surface area contributed by atoms with Crippen LogP contribution in [0.2, 0.25) is 5.02 Å². The van der Waals surface area contributed by atoms with Crippen molar-refractivity contribution < 1.29 is 9.53 Å². The Bertz CT molecular complexity index is 1330. The molecule has 0 spiro atoms. The molecule has 4 rings (SSSR count). The molecule has 6 heteroatoms. The molecule has 0 bridgehead atoms. The van der Waals surface area contributed by atoms with Crippen molar-refractivity contribution in [1.29, 1.82) is 0 Å². The summed E-state index contributed by atoms with van der Waals surface area (Å²) in [6, 6.07) is 17.8. The molecule has 176 valence electrons. The van der Waals surface area contributed by atoms with E-state index < -0.39 is 0 Å². The van der Waals surface area contributed by atoms with Crippen molar-refractivity contribution in [1.82, 2.24) is 14.5 Å². The average molecular weight is 476 g/mol. The molecule has 0 atom stereocenters. The lowest BCUT2D eigenvalue weighted by Crippen LogP contribution is -2.38. The van der Waals surface area contributed by atoms with Crippen LogP contribution in [-0.2, 0) is 6.54 Å². The maximum Gasteiger partial charge on any atom is 0.255 e. The van der Waals surface area contributed by atoms with E-state index in [9.17, 15) is 4.79 Å². The fourth-order valence-electron chi connectivity index (χ4n) is 4.40. The maximum absolute atomic E-state index is 13.8. The Kier molecular flexibility index (Phi) is 6.67. The molecular formula is C28H30ClN3O2. The normalized spacial score (nSPS) is 11.3. The minimum Gasteiger partial charge on any atom is -0.497 e. The predicted octanol–water partition coefficient (Wildman–Crippen LogP) is 6.66. The van der Waals surface area contributed by atoms with Crippen LogP contribution in [0.1, 0.15) is 46.7 Å². The van der Waals surface area contributed by atoms with Crippen molar-refractivity contribution in [2.75, 3.05) is 7.11 Å². The number of aryl methyl sites for hydroxylation is 3. The summed E-state index contributed by atoms with van der Waals surface area (Å²) in [7, 11) is 1.66. The van der Waals surface area contributed by atoms with Gasteiger partial charge in [0.1, 0.15) is 11.6 Å². The number of halogens is 1. The van der Waals surface area contributed by atoms with E-state index in [0.29, 0.717) is 17.1 Å². The Morgan fingerprint density at radius 2 is 1.68 bits per heavy atom. The maximum atomic E-state index is 13.8. The molecular weight excluding hydrogens is 446 g/mol. The summed E-state index contributed by atoms with van der Waals surface area (Å²) >= 11 is 6.22. The third kappa shape index (κ3) is 4.53. The van der Waals surface area contributed by atoms with Crippen LogP contribution in [0.3, 0.4) is 0 Å². The molecule has 0 saturated carbocycles. The van der Waals surface area contributed by atoms with Crippen molar-refractivity contribution in [3.63, 3.8) is 0 Å². The first-order valence-corrected chi connectivity index (χ1v) is 11.8. The van der Waals surface area contributed by atoms with Crippen molar-refractivity contribution in [2.24, 2.45) is 0 Å². The summed E-state index contributed by atoms with van der Waals surface area (Å²) < 4.78 is 7.46. The van der Waals surface area contributed by atoms with Crippen LogP contribution < -0.4 is 4.74 Å². The SMILES string of the molecule is COc1ccc(-n2c(CN(C(=O)c3c(C)cc(Cl)cc3C)C(C)C)nc3cc(C)ccc32)cc1. The molecule has 0 saturated heterocycles. The Hall–Kier alpha value is -3.31. The second-order valence-electron chi connectivity index (χ2n) is 9.00.